The summed E-state index contributed by atoms with van der Waals surface area (Å²) in [5.74, 6) is -4.93. The molecule has 13 nitrogen and oxygen atoms in total. The minimum Gasteiger partial charge on any atom is -0.743 e. The van der Waals surface area contributed by atoms with Crippen molar-refractivity contribution < 1.29 is 69.4 Å². The summed E-state index contributed by atoms with van der Waals surface area (Å²) in [5.41, 5.74) is -2.92. The van der Waals surface area contributed by atoms with Crippen LogP contribution in [0.1, 0.15) is 96.3 Å². The summed E-state index contributed by atoms with van der Waals surface area (Å²) < 4.78 is 93.1. The number of hydrogen-bond acceptors (Lipinski definition) is 13. The lowest BCUT2D eigenvalue weighted by atomic mass is 9.49. The highest BCUT2D eigenvalue weighted by Gasteiger charge is 2.70. The molecule has 0 N–H and O–H groups in total. The van der Waals surface area contributed by atoms with Gasteiger partial charge in [0.05, 0.1) is 10.8 Å². The van der Waals surface area contributed by atoms with Crippen molar-refractivity contribution in [2.75, 3.05) is 13.2 Å². The number of alkyl halides is 2. The number of Topliss-reactive ketones (excluding diaryl/α,β-unsaturated/α-hetero) is 2. The maximum Gasteiger partial charge on any atom is 0.428 e. The SMILES string of the molecule is O=C1C2CC3CC1CC(C(=O)OCC1OC4(OC1COC(=O)C15CC6CC(C1)C(=O)C(C6)C5)C1CC5CC4CC(OC(=O)C(F)(F)S(=O)(=O)[O-])(C5)C1)(C3)C2. The maximum absolute atomic E-state index is 14.3. The Balaban J connectivity index is 0.884. The molecule has 1 saturated heterocycles. The molecule has 0 aromatic heterocycles. The molecule has 13 fully saturated rings. The van der Waals surface area contributed by atoms with Crippen LogP contribution in [0.25, 0.3) is 0 Å². The third-order valence-corrected chi connectivity index (χ3v) is 16.6. The molecule has 13 aliphatic rings. The third-order valence-electron chi connectivity index (χ3n) is 15.8. The first-order valence-electron chi connectivity index (χ1n) is 19.8. The zero-order chi connectivity index (χ0) is 37.8. The predicted molar refractivity (Wildman–Crippen MR) is 173 cm³/mol. The molecule has 54 heavy (non-hydrogen) atoms. The van der Waals surface area contributed by atoms with Crippen molar-refractivity contribution in [1.29, 1.82) is 0 Å². The Labute approximate surface area is 311 Å². The fraction of sp³-hybridized carbons (Fsp3) is 0.868. The van der Waals surface area contributed by atoms with E-state index in [1.807, 2.05) is 0 Å². The molecule has 13 rings (SSSR count). The smallest absolute Gasteiger partial charge is 0.428 e. The summed E-state index contributed by atoms with van der Waals surface area (Å²) in [6.07, 6.45) is 6.03. The largest absolute Gasteiger partial charge is 0.743 e. The summed E-state index contributed by atoms with van der Waals surface area (Å²) in [5, 5.41) is -5.24. The molecule has 8 atom stereocenters. The maximum atomic E-state index is 14.3. The number of carbonyl (C=O) groups excluding carboxylic acids is 5. The van der Waals surface area contributed by atoms with E-state index < -0.39 is 67.6 Å². The highest BCUT2D eigenvalue weighted by Crippen LogP contribution is 2.65. The molecule has 8 unspecified atom stereocenters. The molecule has 1 spiro atoms. The minimum absolute atomic E-state index is 0.0162. The van der Waals surface area contributed by atoms with E-state index in [0.29, 0.717) is 63.2 Å². The van der Waals surface area contributed by atoms with Gasteiger partial charge in [-0.05, 0) is 114 Å². The van der Waals surface area contributed by atoms with Gasteiger partial charge in [0, 0.05) is 35.5 Å². The van der Waals surface area contributed by atoms with Crippen LogP contribution in [0, 0.1) is 64.1 Å². The van der Waals surface area contributed by atoms with Gasteiger partial charge >= 0.3 is 23.2 Å². The number of carbonyl (C=O) groups is 5. The second-order valence-electron chi connectivity index (χ2n) is 19.2. The van der Waals surface area contributed by atoms with E-state index in [9.17, 15) is 45.7 Å². The summed E-state index contributed by atoms with van der Waals surface area (Å²) in [4.78, 5) is 65.9. The van der Waals surface area contributed by atoms with E-state index in [1.54, 1.807) is 0 Å². The average Bonchev–Trinajstić information content (AvgIpc) is 3.47. The monoisotopic (exact) mass is 779 g/mol. The lowest BCUT2D eigenvalue weighted by Gasteiger charge is -2.62. The zero-order valence-electron chi connectivity index (χ0n) is 29.8. The van der Waals surface area contributed by atoms with Gasteiger partial charge in [-0.25, -0.2) is 13.2 Å². The standard InChI is InChI=1S/C38H46F2O13S/c39-38(40,54(46,47)48)33(45)53-36-9-20-5-25(14-36)37(26(6-20)15-36)51-27(16-49-31(43)34-7-18-1-21(10-34)29(41)22(2-18)11-34)28(52-37)17-50-32(44)35-8-19-3-23(12-35)30(42)24(4-19)13-35/h18-28H,1-17H2,(H,46,47,48)/p-1. The van der Waals surface area contributed by atoms with E-state index in [2.05, 4.69) is 0 Å². The van der Waals surface area contributed by atoms with Crippen molar-refractivity contribution in [2.24, 2.45) is 64.1 Å². The molecular weight excluding hydrogens is 734 g/mol. The predicted octanol–water partition coefficient (Wildman–Crippen LogP) is 3.60. The molecule has 0 amide bonds. The van der Waals surface area contributed by atoms with E-state index in [1.165, 1.54) is 0 Å². The van der Waals surface area contributed by atoms with Gasteiger partial charge in [-0.15, -0.1) is 0 Å². The van der Waals surface area contributed by atoms with Crippen molar-refractivity contribution in [3.05, 3.63) is 0 Å². The van der Waals surface area contributed by atoms with Gasteiger partial charge in [0.1, 0.15) is 42.6 Å². The molecule has 0 aromatic rings. The van der Waals surface area contributed by atoms with Gasteiger partial charge < -0.3 is 28.2 Å². The molecule has 1 aliphatic heterocycles. The number of rotatable bonds is 9. The van der Waals surface area contributed by atoms with Gasteiger partial charge in [-0.3, -0.25) is 19.2 Å². The number of ketones is 2. The second kappa shape index (κ2) is 11.5. The fourth-order valence-electron chi connectivity index (χ4n) is 14.3. The van der Waals surface area contributed by atoms with E-state index in [-0.39, 0.29) is 85.6 Å². The Hall–Kier alpha value is -2.56. The van der Waals surface area contributed by atoms with Crippen LogP contribution in [0.3, 0.4) is 0 Å². The average molecular weight is 780 g/mol. The highest BCUT2D eigenvalue weighted by atomic mass is 32.2. The number of halogens is 2. The van der Waals surface area contributed by atoms with Crippen LogP contribution in [-0.4, -0.2) is 84.5 Å². The first kappa shape index (κ1) is 35.8. The fourth-order valence-corrected chi connectivity index (χ4v) is 14.5. The molecular formula is C38H45F2O13S-. The Morgan fingerprint density at radius 2 is 1.07 bits per heavy atom. The second-order valence-corrected chi connectivity index (χ2v) is 20.6. The summed E-state index contributed by atoms with van der Waals surface area (Å²) >= 11 is 0. The van der Waals surface area contributed by atoms with Crippen molar-refractivity contribution in [3.8, 4) is 0 Å². The zero-order valence-corrected chi connectivity index (χ0v) is 30.7. The van der Waals surface area contributed by atoms with E-state index >= 15 is 0 Å². The van der Waals surface area contributed by atoms with Crippen LogP contribution >= 0.6 is 0 Å². The van der Waals surface area contributed by atoms with Crippen molar-refractivity contribution in [3.63, 3.8) is 0 Å². The van der Waals surface area contributed by atoms with Gasteiger partial charge in [0.25, 0.3) is 0 Å². The van der Waals surface area contributed by atoms with Gasteiger partial charge in [-0.1, -0.05) is 0 Å². The van der Waals surface area contributed by atoms with Crippen LogP contribution < -0.4 is 0 Å². The molecule has 16 heteroatoms. The van der Waals surface area contributed by atoms with Crippen molar-refractivity contribution >= 4 is 39.6 Å². The molecule has 0 radical (unpaired) electrons. The molecule has 1 heterocycles. The Morgan fingerprint density at radius 3 is 1.48 bits per heavy atom. The van der Waals surface area contributed by atoms with E-state index in [0.717, 1.165) is 25.7 Å². The highest BCUT2D eigenvalue weighted by molar-refractivity contribution is 7.87. The van der Waals surface area contributed by atoms with Crippen LogP contribution in [0.2, 0.25) is 0 Å². The van der Waals surface area contributed by atoms with E-state index in [4.69, 9.17) is 23.7 Å². The molecule has 296 valence electrons. The van der Waals surface area contributed by atoms with Crippen LogP contribution in [0.15, 0.2) is 0 Å². The lowest BCUT2D eigenvalue weighted by Crippen LogP contribution is -2.66. The Bertz CT molecular complexity index is 1700. The van der Waals surface area contributed by atoms with Crippen LogP contribution in [-0.2, 0) is 57.8 Å². The van der Waals surface area contributed by atoms with Crippen LogP contribution in [0.4, 0.5) is 8.78 Å². The molecule has 12 saturated carbocycles. The summed E-state index contributed by atoms with van der Waals surface area (Å²) in [6.45, 7) is -0.415. The number of hydrogen-bond donors (Lipinski definition) is 0. The number of esters is 3. The lowest BCUT2D eigenvalue weighted by molar-refractivity contribution is -0.326. The van der Waals surface area contributed by atoms with Crippen LogP contribution in [0.5, 0.6) is 0 Å². The molecule has 12 bridgehead atoms. The first-order valence-corrected chi connectivity index (χ1v) is 21.2. The van der Waals surface area contributed by atoms with Gasteiger partial charge in [0.2, 0.25) is 0 Å². The number of ether oxygens (including phenoxy) is 5. The van der Waals surface area contributed by atoms with Crippen molar-refractivity contribution in [1.82, 2.24) is 0 Å². The summed E-state index contributed by atoms with van der Waals surface area (Å²) in [7, 11) is -6.31. The Kier molecular flexibility index (Phi) is 7.64. The third kappa shape index (κ3) is 5.13. The normalized spacial score (nSPS) is 49.2. The summed E-state index contributed by atoms with van der Waals surface area (Å²) in [6, 6.07) is 0. The van der Waals surface area contributed by atoms with Gasteiger partial charge in [0.15, 0.2) is 15.9 Å². The minimum atomic E-state index is -6.31. The first-order chi connectivity index (χ1) is 25.4. The topological polar surface area (TPSA) is 189 Å². The molecule has 12 aliphatic carbocycles. The quantitative estimate of drug-likeness (QED) is 0.188. The Morgan fingerprint density at radius 1 is 0.667 bits per heavy atom. The van der Waals surface area contributed by atoms with Gasteiger partial charge in [-0.2, -0.15) is 8.78 Å². The molecule has 0 aromatic carbocycles. The van der Waals surface area contributed by atoms with Crippen molar-refractivity contribution in [2.45, 2.75) is 125 Å².